The Morgan fingerprint density at radius 3 is 2.32 bits per heavy atom. The summed E-state index contributed by atoms with van der Waals surface area (Å²) in [7, 11) is 3.73. The van der Waals surface area contributed by atoms with Crippen molar-refractivity contribution in [2.24, 2.45) is 0 Å². The van der Waals surface area contributed by atoms with Gasteiger partial charge in [0.2, 0.25) is 0 Å². The van der Waals surface area contributed by atoms with Gasteiger partial charge in [-0.1, -0.05) is 6.07 Å². The number of nitrogens with zero attached hydrogens (tertiary/aromatic N) is 1. The fourth-order valence-electron chi connectivity index (χ4n) is 1.96. The van der Waals surface area contributed by atoms with Crippen LogP contribution in [0.5, 0.6) is 0 Å². The van der Waals surface area contributed by atoms with Crippen LogP contribution in [0.4, 0.5) is 5.69 Å². The van der Waals surface area contributed by atoms with Gasteiger partial charge in [0.15, 0.2) is 0 Å². The zero-order valence-electron chi connectivity index (χ0n) is 12.0. The number of carbonyl (C=O) groups is 2. The molecule has 7 heteroatoms. The molecule has 1 heterocycles. The molecular formula is C15H14N2O5. The molecule has 0 saturated carbocycles. The molecule has 1 aromatic carbocycles. The smallest absolute Gasteiger partial charge is 0.343 e. The van der Waals surface area contributed by atoms with Crippen molar-refractivity contribution in [3.05, 3.63) is 45.8 Å². The Bertz CT molecular complexity index is 833. The van der Waals surface area contributed by atoms with E-state index in [0.717, 1.165) is 11.8 Å². The summed E-state index contributed by atoms with van der Waals surface area (Å²) in [6.07, 6.45) is 0.850. The van der Waals surface area contributed by atoms with Crippen LogP contribution in [0.25, 0.3) is 17.0 Å². The number of anilines is 1. The Balaban J connectivity index is 2.62. The second-order valence-electron chi connectivity index (χ2n) is 4.89. The van der Waals surface area contributed by atoms with Gasteiger partial charge in [0.05, 0.1) is 5.52 Å². The molecule has 3 N–H and O–H groups in total. The number of carboxylic acids is 2. The normalized spacial score (nSPS) is 10.3. The summed E-state index contributed by atoms with van der Waals surface area (Å²) in [6.45, 7) is 0. The molecule has 0 aliphatic heterocycles. The molecule has 2 aromatic rings. The topological polar surface area (TPSA) is 111 Å². The minimum absolute atomic E-state index is 0.0232. The van der Waals surface area contributed by atoms with Gasteiger partial charge in [0.25, 0.3) is 5.56 Å². The molecule has 2 rings (SSSR count). The van der Waals surface area contributed by atoms with Crippen molar-refractivity contribution in [2.45, 2.75) is 0 Å². The number of aromatic nitrogens is 1. The molecule has 0 amide bonds. The van der Waals surface area contributed by atoms with Gasteiger partial charge < -0.3 is 20.1 Å². The predicted octanol–water partition coefficient (Wildman–Crippen LogP) is 1.15. The number of aliphatic carboxylic acids is 2. The van der Waals surface area contributed by atoms with Gasteiger partial charge >= 0.3 is 11.9 Å². The average molecular weight is 302 g/mol. The summed E-state index contributed by atoms with van der Waals surface area (Å²) in [4.78, 5) is 38.2. The van der Waals surface area contributed by atoms with E-state index in [9.17, 15) is 14.4 Å². The first-order valence-electron chi connectivity index (χ1n) is 6.32. The molecule has 0 saturated heterocycles. The minimum Gasteiger partial charge on any atom is -0.477 e. The first kappa shape index (κ1) is 15.3. The van der Waals surface area contributed by atoms with Crippen LogP contribution in [0.15, 0.2) is 34.6 Å². The first-order chi connectivity index (χ1) is 10.3. The number of nitrogens with one attached hydrogen (secondary N) is 1. The largest absolute Gasteiger partial charge is 0.477 e. The van der Waals surface area contributed by atoms with Crippen LogP contribution >= 0.6 is 0 Å². The highest BCUT2D eigenvalue weighted by molar-refractivity contribution is 6.16. The molecule has 22 heavy (non-hydrogen) atoms. The second kappa shape index (κ2) is 5.72. The predicted molar refractivity (Wildman–Crippen MR) is 82.1 cm³/mol. The van der Waals surface area contributed by atoms with Crippen LogP contribution in [0.3, 0.4) is 0 Å². The fourth-order valence-corrected chi connectivity index (χ4v) is 1.96. The monoisotopic (exact) mass is 302 g/mol. The Morgan fingerprint density at radius 1 is 1.14 bits per heavy atom. The van der Waals surface area contributed by atoms with Gasteiger partial charge in [-0.25, -0.2) is 9.59 Å². The molecule has 0 bridgehead atoms. The van der Waals surface area contributed by atoms with E-state index in [1.54, 1.807) is 12.1 Å². The molecule has 1 aromatic heterocycles. The zero-order chi connectivity index (χ0) is 16.4. The van der Waals surface area contributed by atoms with E-state index in [1.807, 2.05) is 25.1 Å². The molecule has 0 radical (unpaired) electrons. The van der Waals surface area contributed by atoms with Gasteiger partial charge in [0, 0.05) is 25.3 Å². The van der Waals surface area contributed by atoms with Crippen molar-refractivity contribution >= 4 is 34.6 Å². The van der Waals surface area contributed by atoms with E-state index in [2.05, 4.69) is 4.98 Å². The van der Waals surface area contributed by atoms with Crippen LogP contribution in [-0.4, -0.2) is 41.2 Å². The Hall–Kier alpha value is -3.09. The Morgan fingerprint density at radius 2 is 1.77 bits per heavy atom. The van der Waals surface area contributed by atoms with Crippen LogP contribution in [0.2, 0.25) is 0 Å². The lowest BCUT2D eigenvalue weighted by atomic mass is 10.1. The van der Waals surface area contributed by atoms with Crippen molar-refractivity contribution in [1.29, 1.82) is 0 Å². The van der Waals surface area contributed by atoms with E-state index in [1.165, 1.54) is 6.07 Å². The number of benzene rings is 1. The summed E-state index contributed by atoms with van der Waals surface area (Å²) in [5.41, 5.74) is 0.0341. The first-order valence-corrected chi connectivity index (χ1v) is 6.32. The molecule has 0 unspecified atom stereocenters. The highest BCUT2D eigenvalue weighted by Crippen LogP contribution is 2.19. The van der Waals surface area contributed by atoms with Crippen LogP contribution < -0.4 is 10.5 Å². The number of pyridine rings is 1. The third-order valence-electron chi connectivity index (χ3n) is 3.14. The molecule has 0 aliphatic rings. The summed E-state index contributed by atoms with van der Waals surface area (Å²) < 4.78 is 0. The molecule has 7 nitrogen and oxygen atoms in total. The van der Waals surface area contributed by atoms with Gasteiger partial charge in [-0.15, -0.1) is 0 Å². The van der Waals surface area contributed by atoms with Gasteiger partial charge in [-0.3, -0.25) is 4.79 Å². The summed E-state index contributed by atoms with van der Waals surface area (Å²) in [5, 5.41) is 18.4. The molecule has 0 aliphatic carbocycles. The van der Waals surface area contributed by atoms with Crippen molar-refractivity contribution in [3.8, 4) is 0 Å². The molecule has 0 atom stereocenters. The zero-order valence-corrected chi connectivity index (χ0v) is 12.0. The second-order valence-corrected chi connectivity index (χ2v) is 4.89. The number of H-pyrrole nitrogens is 1. The number of hydrogen-bond acceptors (Lipinski definition) is 4. The number of rotatable bonds is 4. The van der Waals surface area contributed by atoms with Crippen molar-refractivity contribution in [1.82, 2.24) is 4.98 Å². The van der Waals surface area contributed by atoms with Crippen LogP contribution in [0, 0.1) is 0 Å². The fraction of sp³-hybridized carbons (Fsp3) is 0.133. The minimum atomic E-state index is -1.60. The number of hydrogen-bond donors (Lipinski definition) is 3. The third kappa shape index (κ3) is 2.98. The number of carboxylic acid groups (broad SMARTS) is 2. The maximum absolute atomic E-state index is 12.0. The highest BCUT2D eigenvalue weighted by atomic mass is 16.4. The molecule has 0 fully saturated rings. The van der Waals surface area contributed by atoms with E-state index in [-0.39, 0.29) is 5.56 Å². The standard InChI is InChI=1S/C15H14N2O5/c1-17(2)10-4-3-8-5-9(13(18)16-12(8)7-10)6-11(14(19)20)15(21)22/h3-7H,1-2H3,(H,16,18)(H,19,20)(H,21,22). The maximum atomic E-state index is 12.0. The van der Waals surface area contributed by atoms with Crippen LogP contribution in [-0.2, 0) is 9.59 Å². The molecule has 0 spiro atoms. The van der Waals surface area contributed by atoms with E-state index >= 15 is 0 Å². The van der Waals surface area contributed by atoms with Crippen molar-refractivity contribution in [3.63, 3.8) is 0 Å². The maximum Gasteiger partial charge on any atom is 0.343 e. The van der Waals surface area contributed by atoms with Gasteiger partial charge in [-0.05, 0) is 29.7 Å². The highest BCUT2D eigenvalue weighted by Gasteiger charge is 2.17. The van der Waals surface area contributed by atoms with E-state index in [4.69, 9.17) is 10.2 Å². The Labute approximate surface area is 125 Å². The summed E-state index contributed by atoms with van der Waals surface area (Å²) in [6, 6.07) is 6.83. The number of fused-ring (bicyclic) bond motifs is 1. The third-order valence-corrected chi connectivity index (χ3v) is 3.14. The average Bonchev–Trinajstić information content (AvgIpc) is 2.43. The summed E-state index contributed by atoms with van der Waals surface area (Å²) >= 11 is 0. The van der Waals surface area contributed by atoms with E-state index in [0.29, 0.717) is 10.9 Å². The lowest BCUT2D eigenvalue weighted by Crippen LogP contribution is -2.15. The van der Waals surface area contributed by atoms with Crippen molar-refractivity contribution in [2.75, 3.05) is 19.0 Å². The van der Waals surface area contributed by atoms with E-state index < -0.39 is 23.1 Å². The van der Waals surface area contributed by atoms with Crippen LogP contribution in [0.1, 0.15) is 5.56 Å². The Kier molecular flexibility index (Phi) is 3.98. The lowest BCUT2D eigenvalue weighted by molar-refractivity contribution is -0.140. The number of aromatic amines is 1. The quantitative estimate of drug-likeness (QED) is 0.444. The SMILES string of the molecule is CN(C)c1ccc2cc(C=C(C(=O)O)C(=O)O)c(=O)[nH]c2c1. The summed E-state index contributed by atoms with van der Waals surface area (Å²) in [5.74, 6) is -3.20. The van der Waals surface area contributed by atoms with Gasteiger partial charge in [0.1, 0.15) is 5.57 Å². The molecule has 114 valence electrons. The van der Waals surface area contributed by atoms with Crippen molar-refractivity contribution < 1.29 is 19.8 Å². The molecular weight excluding hydrogens is 288 g/mol. The van der Waals surface area contributed by atoms with Gasteiger partial charge in [-0.2, -0.15) is 0 Å². The lowest BCUT2D eigenvalue weighted by Gasteiger charge is -2.13.